The minimum absolute atomic E-state index is 0.0926. The van der Waals surface area contributed by atoms with E-state index in [1.807, 2.05) is 24.3 Å². The number of aromatic carboxylic acids is 1. The molecule has 0 aliphatic carbocycles. The van der Waals surface area contributed by atoms with Gasteiger partial charge in [-0.1, -0.05) is 53.7 Å². The minimum Gasteiger partial charge on any atom is -0.872 e. The molecule has 0 amide bonds. The smallest absolute Gasteiger partial charge is 0.335 e. The predicted molar refractivity (Wildman–Crippen MR) is 97.6 cm³/mol. The van der Waals surface area contributed by atoms with Crippen molar-refractivity contribution in [3.63, 3.8) is 0 Å². The second-order valence-corrected chi connectivity index (χ2v) is 5.88. The van der Waals surface area contributed by atoms with E-state index in [1.165, 1.54) is 18.2 Å². The summed E-state index contributed by atoms with van der Waals surface area (Å²) in [6, 6.07) is 15.2. The lowest BCUT2D eigenvalue weighted by Crippen LogP contribution is -2.06. The Bertz CT molecular complexity index is 999. The van der Waals surface area contributed by atoms with Crippen LogP contribution in [0.15, 0.2) is 59.7 Å². The van der Waals surface area contributed by atoms with Crippen molar-refractivity contribution < 1.29 is 15.0 Å². The Balaban J connectivity index is 1.94. The van der Waals surface area contributed by atoms with Gasteiger partial charge in [0.1, 0.15) is 0 Å². The van der Waals surface area contributed by atoms with Gasteiger partial charge in [-0.05, 0) is 41.5 Å². The quantitative estimate of drug-likeness (QED) is 0.546. The van der Waals surface area contributed by atoms with Crippen LogP contribution in [0, 0.1) is 0 Å². The molecule has 0 saturated heterocycles. The van der Waals surface area contributed by atoms with Crippen molar-refractivity contribution in [1.82, 2.24) is 0 Å². The number of hydrazone groups is 1. The van der Waals surface area contributed by atoms with Gasteiger partial charge in [0.05, 0.1) is 22.0 Å². The van der Waals surface area contributed by atoms with Crippen LogP contribution in [0.2, 0.25) is 5.02 Å². The molecule has 0 radical (unpaired) electrons. The number of fused-ring (bicyclic) bond motifs is 1. The SMILES string of the molecule is C/C(=N\Nc1cc(C(=O)O)ccc1Cl)c1ccc2ccccc2c1[O-]. The lowest BCUT2D eigenvalue weighted by Gasteiger charge is -2.17. The molecule has 0 bridgehead atoms. The average molecular weight is 354 g/mol. The number of hydrogen-bond donors (Lipinski definition) is 2. The number of anilines is 1. The van der Waals surface area contributed by atoms with E-state index in [0.717, 1.165) is 5.39 Å². The van der Waals surface area contributed by atoms with E-state index in [1.54, 1.807) is 19.1 Å². The van der Waals surface area contributed by atoms with E-state index in [2.05, 4.69) is 10.5 Å². The summed E-state index contributed by atoms with van der Waals surface area (Å²) >= 11 is 6.05. The number of nitrogens with zero attached hydrogens (tertiary/aromatic N) is 1. The third-order valence-electron chi connectivity index (χ3n) is 3.83. The van der Waals surface area contributed by atoms with Gasteiger partial charge in [-0.2, -0.15) is 5.10 Å². The van der Waals surface area contributed by atoms with Gasteiger partial charge in [-0.25, -0.2) is 4.79 Å². The second-order valence-electron chi connectivity index (χ2n) is 5.47. The van der Waals surface area contributed by atoms with Crippen LogP contribution in [0.5, 0.6) is 5.75 Å². The maximum Gasteiger partial charge on any atom is 0.335 e. The molecule has 6 heteroatoms. The summed E-state index contributed by atoms with van der Waals surface area (Å²) in [5, 5.41) is 27.6. The van der Waals surface area contributed by atoms with Crippen LogP contribution < -0.4 is 10.5 Å². The van der Waals surface area contributed by atoms with Crippen LogP contribution in [0.3, 0.4) is 0 Å². The van der Waals surface area contributed by atoms with Gasteiger partial charge in [-0.15, -0.1) is 0 Å². The number of rotatable bonds is 4. The molecular formula is C19H14ClN2O3-. The Morgan fingerprint density at radius 1 is 1.16 bits per heavy atom. The van der Waals surface area contributed by atoms with Gasteiger partial charge in [0.25, 0.3) is 0 Å². The number of hydrogen-bond acceptors (Lipinski definition) is 4. The van der Waals surface area contributed by atoms with E-state index in [4.69, 9.17) is 16.7 Å². The van der Waals surface area contributed by atoms with E-state index in [-0.39, 0.29) is 11.3 Å². The fourth-order valence-electron chi connectivity index (χ4n) is 2.48. The van der Waals surface area contributed by atoms with E-state index in [9.17, 15) is 9.90 Å². The van der Waals surface area contributed by atoms with Crippen LogP contribution in [-0.2, 0) is 0 Å². The molecule has 0 saturated carbocycles. The highest BCUT2D eigenvalue weighted by atomic mass is 35.5. The zero-order chi connectivity index (χ0) is 18.0. The number of halogens is 1. The lowest BCUT2D eigenvalue weighted by molar-refractivity contribution is -0.266. The molecule has 5 nitrogen and oxygen atoms in total. The highest BCUT2D eigenvalue weighted by Gasteiger charge is 2.08. The van der Waals surface area contributed by atoms with E-state index >= 15 is 0 Å². The molecule has 0 aliphatic heterocycles. The molecule has 0 aromatic heterocycles. The minimum atomic E-state index is -1.06. The molecule has 25 heavy (non-hydrogen) atoms. The molecule has 0 heterocycles. The second kappa shape index (κ2) is 6.83. The predicted octanol–water partition coefficient (Wildman–Crippen LogP) is 4.10. The first-order valence-corrected chi connectivity index (χ1v) is 7.87. The summed E-state index contributed by atoms with van der Waals surface area (Å²) in [4.78, 5) is 11.0. The van der Waals surface area contributed by atoms with Gasteiger partial charge in [0, 0.05) is 0 Å². The van der Waals surface area contributed by atoms with Crippen molar-refractivity contribution in [2.45, 2.75) is 6.92 Å². The van der Waals surface area contributed by atoms with Gasteiger partial charge in [0.15, 0.2) is 0 Å². The molecule has 2 N–H and O–H groups in total. The molecule has 0 spiro atoms. The number of carbonyl (C=O) groups is 1. The van der Waals surface area contributed by atoms with Crippen molar-refractivity contribution in [1.29, 1.82) is 0 Å². The molecular weight excluding hydrogens is 340 g/mol. The molecule has 0 atom stereocenters. The van der Waals surface area contributed by atoms with Crippen LogP contribution in [0.1, 0.15) is 22.8 Å². The summed E-state index contributed by atoms with van der Waals surface area (Å²) < 4.78 is 0. The Hall–Kier alpha value is -3.05. The first-order valence-electron chi connectivity index (χ1n) is 7.49. The maximum absolute atomic E-state index is 12.6. The summed E-state index contributed by atoms with van der Waals surface area (Å²) in [6.45, 7) is 1.70. The number of nitrogens with one attached hydrogen (secondary N) is 1. The zero-order valence-electron chi connectivity index (χ0n) is 13.3. The first-order chi connectivity index (χ1) is 12.0. The summed E-state index contributed by atoms with van der Waals surface area (Å²) in [7, 11) is 0. The Morgan fingerprint density at radius 2 is 1.92 bits per heavy atom. The Labute approximate surface area is 149 Å². The van der Waals surface area contributed by atoms with E-state index < -0.39 is 5.97 Å². The van der Waals surface area contributed by atoms with Crippen LogP contribution in [0.4, 0.5) is 5.69 Å². The van der Waals surface area contributed by atoms with Gasteiger partial charge >= 0.3 is 5.97 Å². The highest BCUT2D eigenvalue weighted by Crippen LogP contribution is 2.27. The van der Waals surface area contributed by atoms with Gasteiger partial charge < -0.3 is 10.2 Å². The summed E-state index contributed by atoms with van der Waals surface area (Å²) in [5.41, 5.74) is 4.13. The summed E-state index contributed by atoms with van der Waals surface area (Å²) in [6.07, 6.45) is 0. The number of carboxylic acids is 1. The Morgan fingerprint density at radius 3 is 2.68 bits per heavy atom. The highest BCUT2D eigenvalue weighted by molar-refractivity contribution is 6.33. The molecule has 0 aliphatic rings. The molecule has 3 aromatic carbocycles. The third-order valence-corrected chi connectivity index (χ3v) is 4.16. The zero-order valence-corrected chi connectivity index (χ0v) is 14.0. The van der Waals surface area contributed by atoms with Gasteiger partial charge in [-0.3, -0.25) is 5.43 Å². The van der Waals surface area contributed by atoms with Crippen molar-refractivity contribution in [2.24, 2.45) is 5.10 Å². The van der Waals surface area contributed by atoms with Crippen molar-refractivity contribution in [3.8, 4) is 5.75 Å². The number of benzene rings is 3. The molecule has 3 rings (SSSR count). The fourth-order valence-corrected chi connectivity index (χ4v) is 2.64. The van der Waals surface area contributed by atoms with Crippen molar-refractivity contribution >= 4 is 39.7 Å². The van der Waals surface area contributed by atoms with Crippen LogP contribution in [0.25, 0.3) is 10.8 Å². The molecule has 0 fully saturated rings. The Kier molecular flexibility index (Phi) is 4.59. The topological polar surface area (TPSA) is 84.8 Å². The average Bonchev–Trinajstić information content (AvgIpc) is 2.61. The molecule has 0 unspecified atom stereocenters. The van der Waals surface area contributed by atoms with Crippen LogP contribution in [-0.4, -0.2) is 16.8 Å². The van der Waals surface area contributed by atoms with Gasteiger partial charge in [0.2, 0.25) is 0 Å². The summed E-state index contributed by atoms with van der Waals surface area (Å²) in [5.74, 6) is -1.16. The van der Waals surface area contributed by atoms with E-state index in [0.29, 0.717) is 27.4 Å². The monoisotopic (exact) mass is 353 g/mol. The molecule has 3 aromatic rings. The largest absolute Gasteiger partial charge is 0.872 e. The van der Waals surface area contributed by atoms with Crippen molar-refractivity contribution in [2.75, 3.05) is 5.43 Å². The lowest BCUT2D eigenvalue weighted by atomic mass is 10.0. The number of carboxylic acid groups (broad SMARTS) is 1. The standard InChI is InChI=1S/C19H15ClN2O3/c1-11(14-8-6-12-4-2-3-5-15(12)18(14)23)21-22-17-10-13(19(24)25)7-9-16(17)20/h2-10,22-23H,1H3,(H,24,25)/p-1/b21-11+. The molecule has 126 valence electrons. The fraction of sp³-hybridized carbons (Fsp3) is 0.0526. The third kappa shape index (κ3) is 3.41. The normalized spacial score (nSPS) is 11.5. The van der Waals surface area contributed by atoms with Crippen molar-refractivity contribution in [3.05, 3.63) is 70.7 Å². The first kappa shape index (κ1) is 16.8. The van der Waals surface area contributed by atoms with Crippen LogP contribution >= 0.6 is 11.6 Å². The maximum atomic E-state index is 12.6.